The summed E-state index contributed by atoms with van der Waals surface area (Å²) in [5.41, 5.74) is 5.20. The number of halogens is 3. The van der Waals surface area contributed by atoms with E-state index in [1.807, 2.05) is 0 Å². The van der Waals surface area contributed by atoms with Crippen molar-refractivity contribution in [3.63, 3.8) is 0 Å². The van der Waals surface area contributed by atoms with Crippen LogP contribution in [0.4, 0.5) is 19.1 Å². The van der Waals surface area contributed by atoms with E-state index in [2.05, 4.69) is 14.8 Å². The van der Waals surface area contributed by atoms with Crippen molar-refractivity contribution in [2.24, 2.45) is 0 Å². The molecule has 1 aromatic rings. The normalized spacial score (nSPS) is 11.9. The van der Waals surface area contributed by atoms with Gasteiger partial charge in [0.05, 0.1) is 6.61 Å². The molecule has 0 saturated heterocycles. The van der Waals surface area contributed by atoms with Gasteiger partial charge < -0.3 is 5.73 Å². The lowest BCUT2D eigenvalue weighted by molar-refractivity contribution is -0.324. The van der Waals surface area contributed by atoms with Gasteiger partial charge in [-0.1, -0.05) is 0 Å². The highest BCUT2D eigenvalue weighted by Crippen LogP contribution is 2.16. The lowest BCUT2D eigenvalue weighted by atomic mass is 10.4. The maximum atomic E-state index is 11.5. The van der Waals surface area contributed by atoms with Gasteiger partial charge in [0.2, 0.25) is 5.95 Å². The predicted molar refractivity (Wildman–Crippen MR) is 41.1 cm³/mol. The third-order valence-electron chi connectivity index (χ3n) is 1.35. The van der Waals surface area contributed by atoms with E-state index in [1.165, 1.54) is 11.0 Å². The van der Waals surface area contributed by atoms with Crippen LogP contribution >= 0.6 is 0 Å². The summed E-state index contributed by atoms with van der Waals surface area (Å²) in [6.45, 7) is -0.108. The lowest BCUT2D eigenvalue weighted by Crippen LogP contribution is -2.15. The van der Waals surface area contributed by atoms with E-state index in [9.17, 15) is 13.2 Å². The Morgan fingerprint density at radius 3 is 2.71 bits per heavy atom. The van der Waals surface area contributed by atoms with Crippen molar-refractivity contribution in [1.82, 2.24) is 14.8 Å². The molecule has 14 heavy (non-hydrogen) atoms. The third-order valence-corrected chi connectivity index (χ3v) is 1.35. The molecule has 2 N–H and O–H groups in total. The molecule has 0 aliphatic carbocycles. The van der Waals surface area contributed by atoms with Crippen LogP contribution < -0.4 is 5.73 Å². The fraction of sp³-hybridized carbons (Fsp3) is 0.667. The zero-order valence-corrected chi connectivity index (χ0v) is 7.16. The predicted octanol–water partition coefficient (Wildman–Crippen LogP) is 0.787. The summed E-state index contributed by atoms with van der Waals surface area (Å²) in [5, 5.41) is 3.69. The number of hydrogen-bond donors (Lipinski definition) is 1. The number of hydrogen-bond acceptors (Lipinski definition) is 4. The Balaban J connectivity index is 2.16. The summed E-state index contributed by atoms with van der Waals surface area (Å²) < 4.78 is 39.4. The van der Waals surface area contributed by atoms with Gasteiger partial charge in [-0.15, -0.1) is 18.3 Å². The first kappa shape index (κ1) is 10.8. The van der Waals surface area contributed by atoms with Gasteiger partial charge >= 0.3 is 6.36 Å². The fourth-order valence-electron chi connectivity index (χ4n) is 0.831. The molecule has 8 heteroatoms. The average Bonchev–Trinajstić information content (AvgIpc) is 2.44. The van der Waals surface area contributed by atoms with Crippen LogP contribution in [0.15, 0.2) is 6.33 Å². The first-order valence-electron chi connectivity index (χ1n) is 3.83. The quantitative estimate of drug-likeness (QED) is 0.746. The molecule has 1 heterocycles. The van der Waals surface area contributed by atoms with Crippen LogP contribution in [0.3, 0.4) is 0 Å². The van der Waals surface area contributed by atoms with Crippen molar-refractivity contribution in [2.45, 2.75) is 19.3 Å². The Hall–Kier alpha value is -1.31. The molecule has 0 saturated carbocycles. The van der Waals surface area contributed by atoms with Crippen LogP contribution in [0, 0.1) is 0 Å². The van der Waals surface area contributed by atoms with Gasteiger partial charge in [0.15, 0.2) is 0 Å². The number of aromatic nitrogens is 3. The van der Waals surface area contributed by atoms with E-state index in [4.69, 9.17) is 5.73 Å². The van der Waals surface area contributed by atoms with Crippen molar-refractivity contribution in [2.75, 3.05) is 12.3 Å². The monoisotopic (exact) mass is 210 g/mol. The van der Waals surface area contributed by atoms with E-state index < -0.39 is 13.0 Å². The maximum Gasteiger partial charge on any atom is 0.522 e. The molecule has 0 aliphatic heterocycles. The molecule has 0 unspecified atom stereocenters. The molecule has 0 fully saturated rings. The number of anilines is 1. The molecule has 0 amide bonds. The molecule has 1 rings (SSSR count). The van der Waals surface area contributed by atoms with Gasteiger partial charge in [0, 0.05) is 6.54 Å². The van der Waals surface area contributed by atoms with Gasteiger partial charge in [-0.25, -0.2) is 4.98 Å². The Labute approximate surface area is 77.7 Å². The van der Waals surface area contributed by atoms with Gasteiger partial charge in [0.1, 0.15) is 6.33 Å². The number of nitrogen functional groups attached to an aromatic ring is 1. The van der Waals surface area contributed by atoms with Gasteiger partial charge in [0.25, 0.3) is 0 Å². The Morgan fingerprint density at radius 1 is 1.50 bits per heavy atom. The summed E-state index contributed by atoms with van der Waals surface area (Å²) in [4.78, 5) is 3.61. The van der Waals surface area contributed by atoms with Crippen molar-refractivity contribution in [3.8, 4) is 0 Å². The van der Waals surface area contributed by atoms with Crippen molar-refractivity contribution in [3.05, 3.63) is 6.33 Å². The molecule has 5 nitrogen and oxygen atoms in total. The Morgan fingerprint density at radius 2 is 2.21 bits per heavy atom. The standard InChI is InChI=1S/C6H9F3N4O/c7-6(8,9)14-3-1-2-13-4-11-5(10)12-13/h4H,1-3H2,(H2,10,12). The van der Waals surface area contributed by atoms with Crippen LogP contribution in [-0.4, -0.2) is 27.7 Å². The fourth-order valence-corrected chi connectivity index (χ4v) is 0.831. The molecule has 1 aromatic heterocycles. The van der Waals surface area contributed by atoms with Gasteiger partial charge in [-0.2, -0.15) is 0 Å². The minimum absolute atomic E-state index is 0.0988. The van der Waals surface area contributed by atoms with Crippen molar-refractivity contribution in [1.29, 1.82) is 0 Å². The van der Waals surface area contributed by atoms with Crippen molar-refractivity contribution < 1.29 is 17.9 Å². The van der Waals surface area contributed by atoms with E-state index in [0.29, 0.717) is 6.54 Å². The second kappa shape index (κ2) is 4.27. The number of alkyl halides is 3. The number of nitrogens with zero attached hydrogens (tertiary/aromatic N) is 3. The summed E-state index contributed by atoms with van der Waals surface area (Å²) in [6.07, 6.45) is -3.02. The zero-order chi connectivity index (χ0) is 10.6. The van der Waals surface area contributed by atoms with E-state index in [1.54, 1.807) is 0 Å². The van der Waals surface area contributed by atoms with E-state index >= 15 is 0 Å². The molecule has 0 aliphatic rings. The van der Waals surface area contributed by atoms with Crippen molar-refractivity contribution >= 4 is 5.95 Å². The first-order chi connectivity index (χ1) is 6.47. The number of ether oxygens (including phenoxy) is 1. The SMILES string of the molecule is Nc1ncn(CCCOC(F)(F)F)n1. The average molecular weight is 210 g/mol. The van der Waals surface area contributed by atoms with Gasteiger partial charge in [-0.05, 0) is 6.42 Å². The minimum Gasteiger partial charge on any atom is -0.367 e. The summed E-state index contributed by atoms with van der Waals surface area (Å²) in [6, 6.07) is 0. The highest BCUT2D eigenvalue weighted by molar-refractivity contribution is 5.08. The third kappa shape index (κ3) is 4.08. The van der Waals surface area contributed by atoms with Crippen LogP contribution in [-0.2, 0) is 11.3 Å². The Kier molecular flexibility index (Phi) is 3.28. The molecule has 0 bridgehead atoms. The number of rotatable bonds is 4. The summed E-state index contributed by atoms with van der Waals surface area (Å²) in [7, 11) is 0. The highest BCUT2D eigenvalue weighted by atomic mass is 19.4. The van der Waals surface area contributed by atoms with Gasteiger partial charge in [-0.3, -0.25) is 9.42 Å². The Bertz CT molecular complexity index is 285. The smallest absolute Gasteiger partial charge is 0.367 e. The highest BCUT2D eigenvalue weighted by Gasteiger charge is 2.28. The second-order valence-corrected chi connectivity index (χ2v) is 2.51. The maximum absolute atomic E-state index is 11.5. The molecule has 0 radical (unpaired) electrons. The second-order valence-electron chi connectivity index (χ2n) is 2.51. The molecule has 80 valence electrons. The van der Waals surface area contributed by atoms with Crippen LogP contribution in [0.2, 0.25) is 0 Å². The first-order valence-corrected chi connectivity index (χ1v) is 3.83. The van der Waals surface area contributed by atoms with Crippen LogP contribution in [0.1, 0.15) is 6.42 Å². The largest absolute Gasteiger partial charge is 0.522 e. The zero-order valence-electron chi connectivity index (χ0n) is 7.16. The molecule has 0 atom stereocenters. The molecular formula is C6H9F3N4O. The molecular weight excluding hydrogens is 201 g/mol. The van der Waals surface area contributed by atoms with E-state index in [0.717, 1.165) is 0 Å². The summed E-state index contributed by atoms with van der Waals surface area (Å²) >= 11 is 0. The minimum atomic E-state index is -4.57. The van der Waals surface area contributed by atoms with Crippen LogP contribution in [0.5, 0.6) is 0 Å². The summed E-state index contributed by atoms with van der Waals surface area (Å²) in [5.74, 6) is 0.0988. The lowest BCUT2D eigenvalue weighted by Gasteiger charge is -2.06. The topological polar surface area (TPSA) is 66.0 Å². The molecule has 0 spiro atoms. The molecule has 0 aromatic carbocycles. The van der Waals surface area contributed by atoms with E-state index in [-0.39, 0.29) is 12.4 Å². The number of nitrogens with two attached hydrogens (primary N) is 1. The van der Waals surface area contributed by atoms with Crippen LogP contribution in [0.25, 0.3) is 0 Å². The number of aryl methyl sites for hydroxylation is 1.